The molecule has 5 heteroatoms. The average Bonchev–Trinajstić information content (AvgIpc) is 3.12. The van der Waals surface area contributed by atoms with E-state index in [0.717, 1.165) is 25.7 Å². The van der Waals surface area contributed by atoms with Crippen LogP contribution < -0.4 is 0 Å². The smallest absolute Gasteiger partial charge is 0.0745 e. The minimum Gasteiger partial charge on any atom is -0.393 e. The van der Waals surface area contributed by atoms with Crippen molar-refractivity contribution in [2.24, 2.45) is 45.3 Å². The lowest BCUT2D eigenvalue weighted by Gasteiger charge is -2.71. The van der Waals surface area contributed by atoms with Crippen molar-refractivity contribution in [3.8, 4) is 0 Å². The van der Waals surface area contributed by atoms with E-state index in [4.69, 9.17) is 0 Å². The second-order valence-corrected chi connectivity index (χ2v) is 14.8. The molecule has 0 saturated heterocycles. The van der Waals surface area contributed by atoms with E-state index in [9.17, 15) is 25.5 Å². The van der Waals surface area contributed by atoms with Crippen molar-refractivity contribution in [3.05, 3.63) is 12.2 Å². The second kappa shape index (κ2) is 8.53. The van der Waals surface area contributed by atoms with Gasteiger partial charge < -0.3 is 25.5 Å². The normalized spacial score (nSPS) is 51.5. The molecule has 202 valence electrons. The third-order valence-electron chi connectivity index (χ3n) is 12.5. The summed E-state index contributed by atoms with van der Waals surface area (Å²) in [4.78, 5) is 0. The average molecular weight is 493 g/mol. The summed E-state index contributed by atoms with van der Waals surface area (Å²) < 4.78 is 0. The Labute approximate surface area is 213 Å². The molecular formula is C30H52O5. The van der Waals surface area contributed by atoms with E-state index in [1.165, 1.54) is 0 Å². The third kappa shape index (κ3) is 3.81. The number of rotatable bonds is 5. The van der Waals surface area contributed by atoms with E-state index in [1.54, 1.807) is 0 Å². The lowest BCUT2D eigenvalue weighted by Crippen LogP contribution is -2.69. The van der Waals surface area contributed by atoms with Gasteiger partial charge in [-0.3, -0.25) is 0 Å². The third-order valence-corrected chi connectivity index (χ3v) is 12.5. The van der Waals surface area contributed by atoms with Crippen LogP contribution in [0.15, 0.2) is 12.2 Å². The summed E-state index contributed by atoms with van der Waals surface area (Å²) in [5.41, 5.74) is -1.17. The van der Waals surface area contributed by atoms with Crippen LogP contribution in [0.2, 0.25) is 0 Å². The Morgan fingerprint density at radius 2 is 1.63 bits per heavy atom. The maximum atomic E-state index is 11.8. The fourth-order valence-corrected chi connectivity index (χ4v) is 10.5. The zero-order chi connectivity index (χ0) is 26.4. The summed E-state index contributed by atoms with van der Waals surface area (Å²) in [6.45, 7) is 18.7. The summed E-state index contributed by atoms with van der Waals surface area (Å²) in [7, 11) is 0. The molecule has 4 aliphatic rings. The highest BCUT2D eigenvalue weighted by Gasteiger charge is 2.72. The van der Waals surface area contributed by atoms with Crippen LogP contribution in [0.25, 0.3) is 0 Å². The summed E-state index contributed by atoms with van der Waals surface area (Å²) in [5.74, 6) is 0.147. The molecule has 5 nitrogen and oxygen atoms in total. The Kier molecular flexibility index (Phi) is 6.72. The largest absolute Gasteiger partial charge is 0.393 e. The molecule has 4 saturated carbocycles. The number of fused-ring (bicyclic) bond motifs is 5. The lowest BCUT2D eigenvalue weighted by molar-refractivity contribution is -0.274. The van der Waals surface area contributed by atoms with Gasteiger partial charge in [0, 0.05) is 0 Å². The minimum atomic E-state index is -0.986. The molecule has 35 heavy (non-hydrogen) atoms. The molecule has 1 unspecified atom stereocenters. The maximum Gasteiger partial charge on any atom is 0.0745 e. The Balaban J connectivity index is 1.68. The SMILES string of the molecule is C=C(C)[C@H](O)CC[C@](C)(O)[C@H]1CC[C@@]2(C)[C@@H]1[C@H](O)C[C@@H]1[C@@]3(C)CC[C@H](O)C(C)(C)C3[C@@H](O)C[C@]12C. The number of hydrogen-bond acceptors (Lipinski definition) is 5. The predicted octanol–water partition coefficient (Wildman–Crippen LogP) is 4.44. The van der Waals surface area contributed by atoms with Gasteiger partial charge in [-0.15, -0.1) is 0 Å². The number of hydrogen-bond donors (Lipinski definition) is 5. The highest BCUT2D eigenvalue weighted by molar-refractivity contribution is 5.21. The minimum absolute atomic E-state index is 0.00638. The first-order valence-corrected chi connectivity index (χ1v) is 14.0. The van der Waals surface area contributed by atoms with Crippen LogP contribution in [-0.2, 0) is 0 Å². The van der Waals surface area contributed by atoms with Crippen LogP contribution >= 0.6 is 0 Å². The molecule has 0 heterocycles. The van der Waals surface area contributed by atoms with Crippen molar-refractivity contribution in [1.82, 2.24) is 0 Å². The fraction of sp³-hybridized carbons (Fsp3) is 0.933. The van der Waals surface area contributed by atoms with Crippen molar-refractivity contribution in [3.63, 3.8) is 0 Å². The van der Waals surface area contributed by atoms with E-state index in [2.05, 4.69) is 41.2 Å². The molecule has 0 aliphatic heterocycles. The van der Waals surface area contributed by atoms with Crippen LogP contribution in [-0.4, -0.2) is 55.5 Å². The first-order valence-electron chi connectivity index (χ1n) is 14.0. The van der Waals surface area contributed by atoms with Crippen molar-refractivity contribution in [2.45, 2.75) is 130 Å². The molecule has 12 atom stereocenters. The van der Waals surface area contributed by atoms with Crippen LogP contribution in [0.4, 0.5) is 0 Å². The van der Waals surface area contributed by atoms with E-state index in [1.807, 2.05) is 13.8 Å². The van der Waals surface area contributed by atoms with E-state index in [0.29, 0.717) is 31.3 Å². The summed E-state index contributed by atoms with van der Waals surface area (Å²) >= 11 is 0. The van der Waals surface area contributed by atoms with Gasteiger partial charge in [-0.2, -0.15) is 0 Å². The maximum absolute atomic E-state index is 11.8. The van der Waals surface area contributed by atoms with Crippen molar-refractivity contribution >= 4 is 0 Å². The molecule has 0 bridgehead atoms. The molecule has 0 aromatic heterocycles. The highest BCUT2D eigenvalue weighted by atomic mass is 16.3. The molecule has 4 rings (SSSR count). The second-order valence-electron chi connectivity index (χ2n) is 14.8. The molecule has 4 fully saturated rings. The van der Waals surface area contributed by atoms with Crippen molar-refractivity contribution in [1.29, 1.82) is 0 Å². The van der Waals surface area contributed by atoms with Crippen LogP contribution in [0.1, 0.15) is 99.8 Å². The molecule has 0 aromatic carbocycles. The Morgan fingerprint density at radius 1 is 1.00 bits per heavy atom. The number of aliphatic hydroxyl groups excluding tert-OH is 4. The zero-order valence-corrected chi connectivity index (χ0v) is 23.2. The topological polar surface area (TPSA) is 101 Å². The van der Waals surface area contributed by atoms with E-state index < -0.39 is 30.0 Å². The highest BCUT2D eigenvalue weighted by Crippen LogP contribution is 2.75. The Morgan fingerprint density at radius 3 is 2.23 bits per heavy atom. The van der Waals surface area contributed by atoms with E-state index in [-0.39, 0.29) is 45.3 Å². The van der Waals surface area contributed by atoms with Gasteiger partial charge in [-0.05, 0) is 111 Å². The van der Waals surface area contributed by atoms with Gasteiger partial charge >= 0.3 is 0 Å². The molecule has 0 aromatic rings. The standard InChI is InChI=1S/C30H52O5/c1-17(2)19(31)10-14-30(8,35)18-9-13-28(6)24(18)20(32)15-22-27(5)12-11-23(34)26(3,4)25(27)21(33)16-29(22,28)7/h18-25,31-35H,1,9-16H2,2-8H3/t18-,19+,20+,21-,22+,23-,24-,25?,27+,28-,29+,30-/m0/s1. The number of aliphatic hydroxyl groups is 5. The van der Waals surface area contributed by atoms with Crippen LogP contribution in [0.3, 0.4) is 0 Å². The van der Waals surface area contributed by atoms with Crippen molar-refractivity contribution < 1.29 is 25.5 Å². The van der Waals surface area contributed by atoms with E-state index >= 15 is 0 Å². The first-order chi connectivity index (χ1) is 15.9. The molecular weight excluding hydrogens is 440 g/mol. The Bertz CT molecular complexity index is 837. The summed E-state index contributed by atoms with van der Waals surface area (Å²) in [5, 5.41) is 56.3. The molecule has 0 spiro atoms. The van der Waals surface area contributed by atoms with Gasteiger partial charge in [0.2, 0.25) is 0 Å². The quantitative estimate of drug-likeness (QED) is 0.365. The summed E-state index contributed by atoms with van der Waals surface area (Å²) in [6.07, 6.45) is 3.62. The van der Waals surface area contributed by atoms with Crippen molar-refractivity contribution in [2.75, 3.05) is 0 Å². The molecule has 5 N–H and O–H groups in total. The van der Waals surface area contributed by atoms with Crippen LogP contribution in [0.5, 0.6) is 0 Å². The monoisotopic (exact) mass is 492 g/mol. The summed E-state index contributed by atoms with van der Waals surface area (Å²) in [6, 6.07) is 0. The first kappa shape index (κ1) is 27.6. The van der Waals surface area contributed by atoms with Gasteiger partial charge in [0.1, 0.15) is 0 Å². The van der Waals surface area contributed by atoms with Gasteiger partial charge in [-0.1, -0.05) is 46.8 Å². The van der Waals surface area contributed by atoms with Crippen LogP contribution in [0, 0.1) is 45.3 Å². The molecule has 0 amide bonds. The molecule has 4 aliphatic carbocycles. The van der Waals surface area contributed by atoms with Gasteiger partial charge in [0.25, 0.3) is 0 Å². The Hall–Kier alpha value is -0.460. The lowest BCUT2D eigenvalue weighted by atomic mass is 9.34. The fourth-order valence-electron chi connectivity index (χ4n) is 10.5. The van der Waals surface area contributed by atoms with Gasteiger partial charge in [-0.25, -0.2) is 0 Å². The predicted molar refractivity (Wildman–Crippen MR) is 138 cm³/mol. The molecule has 0 radical (unpaired) electrons. The van der Waals surface area contributed by atoms with Gasteiger partial charge in [0.15, 0.2) is 0 Å². The zero-order valence-electron chi connectivity index (χ0n) is 23.2. The van der Waals surface area contributed by atoms with Gasteiger partial charge in [0.05, 0.1) is 30.0 Å².